The van der Waals surface area contributed by atoms with Crippen LogP contribution in [0.3, 0.4) is 0 Å². The van der Waals surface area contributed by atoms with E-state index < -0.39 is 6.29 Å². The number of halogens is 1. The first-order chi connectivity index (χ1) is 15.0. The van der Waals surface area contributed by atoms with Gasteiger partial charge in [0.15, 0.2) is 5.76 Å². The number of hydrogen-bond donors (Lipinski definition) is 0. The molecule has 0 aliphatic heterocycles. The van der Waals surface area contributed by atoms with Crippen LogP contribution in [0.15, 0.2) is 24.3 Å². The van der Waals surface area contributed by atoms with Crippen molar-refractivity contribution in [1.82, 2.24) is 9.78 Å². The van der Waals surface area contributed by atoms with Gasteiger partial charge in [-0.25, -0.2) is 0 Å². The van der Waals surface area contributed by atoms with Gasteiger partial charge in [0.2, 0.25) is 6.29 Å². The molecule has 1 aromatic heterocycles. The van der Waals surface area contributed by atoms with Crippen LogP contribution in [-0.4, -0.2) is 22.0 Å². The van der Waals surface area contributed by atoms with Crippen molar-refractivity contribution in [3.8, 4) is 6.07 Å². The molecule has 2 aromatic rings. The van der Waals surface area contributed by atoms with Crippen LogP contribution < -0.4 is 0 Å². The van der Waals surface area contributed by atoms with E-state index in [9.17, 15) is 10.1 Å². The molecule has 172 valence electrons. The average Bonchev–Trinajstić information content (AvgIpc) is 3.01. The van der Waals surface area contributed by atoms with E-state index in [0.29, 0.717) is 46.9 Å². The summed E-state index contributed by atoms with van der Waals surface area (Å²) in [4.78, 5) is 12.0. The summed E-state index contributed by atoms with van der Waals surface area (Å²) < 4.78 is 13.1. The minimum absolute atomic E-state index is 0.0162. The molecule has 0 amide bonds. The molecule has 0 N–H and O–H groups in total. The monoisotopic (exact) mass is 457 g/mol. The molecule has 0 saturated heterocycles. The second-order valence-corrected chi connectivity index (χ2v) is 9.01. The van der Waals surface area contributed by atoms with Gasteiger partial charge in [0, 0.05) is 19.9 Å². The van der Waals surface area contributed by atoms with Crippen LogP contribution >= 0.6 is 11.6 Å². The van der Waals surface area contributed by atoms with E-state index in [-0.39, 0.29) is 17.1 Å². The SMILES string of the molecule is CCCC(=O)OC(C)O/C(=C(/C#N)c1ccc(C(C)(C)C)cc1)c1c(Cl)c(C)nn1CC. The summed E-state index contributed by atoms with van der Waals surface area (Å²) in [6.45, 7) is 14.2. The molecule has 0 saturated carbocycles. The molecule has 32 heavy (non-hydrogen) atoms. The van der Waals surface area contributed by atoms with E-state index in [1.165, 1.54) is 0 Å². The van der Waals surface area contributed by atoms with E-state index >= 15 is 0 Å². The number of ether oxygens (including phenoxy) is 2. The number of allylic oxidation sites excluding steroid dienone is 1. The lowest BCUT2D eigenvalue weighted by Gasteiger charge is -2.21. The Bertz CT molecular complexity index is 1020. The van der Waals surface area contributed by atoms with Gasteiger partial charge in [-0.15, -0.1) is 0 Å². The lowest BCUT2D eigenvalue weighted by atomic mass is 9.86. The zero-order chi connectivity index (χ0) is 24.1. The highest BCUT2D eigenvalue weighted by Gasteiger charge is 2.26. The molecular weight excluding hydrogens is 426 g/mol. The Hall–Kier alpha value is -2.78. The summed E-state index contributed by atoms with van der Waals surface area (Å²) in [6.07, 6.45) is 0.0578. The van der Waals surface area contributed by atoms with Crippen LogP contribution in [-0.2, 0) is 26.2 Å². The second kappa shape index (κ2) is 10.7. The fourth-order valence-corrected chi connectivity index (χ4v) is 3.48. The molecule has 6 nitrogen and oxygen atoms in total. The van der Waals surface area contributed by atoms with Crippen LogP contribution in [0.1, 0.15) is 76.9 Å². The molecule has 1 aromatic carbocycles. The van der Waals surface area contributed by atoms with E-state index in [4.69, 9.17) is 21.1 Å². The van der Waals surface area contributed by atoms with Gasteiger partial charge >= 0.3 is 5.97 Å². The van der Waals surface area contributed by atoms with Crippen molar-refractivity contribution in [2.45, 2.75) is 79.6 Å². The van der Waals surface area contributed by atoms with Gasteiger partial charge in [-0.3, -0.25) is 9.48 Å². The Morgan fingerprint density at radius 3 is 2.34 bits per heavy atom. The number of aryl methyl sites for hydroxylation is 2. The van der Waals surface area contributed by atoms with Gasteiger partial charge in [0.1, 0.15) is 17.3 Å². The van der Waals surface area contributed by atoms with Crippen LogP contribution in [0.5, 0.6) is 0 Å². The maximum Gasteiger partial charge on any atom is 0.308 e. The number of carbonyl (C=O) groups is 1. The smallest absolute Gasteiger partial charge is 0.308 e. The van der Waals surface area contributed by atoms with E-state index in [2.05, 4.69) is 31.9 Å². The standard InChI is InChI=1S/C25H32ClN3O3/c1-8-10-21(30)31-17(4)32-24(23-22(26)16(3)28-29(23)9-2)20(15-27)18-11-13-19(14-12-18)25(5,6)7/h11-14,17H,8-10H2,1-7H3/b24-20-. The fourth-order valence-electron chi connectivity index (χ4n) is 3.26. The number of rotatable bonds is 8. The maximum atomic E-state index is 12.0. The summed E-state index contributed by atoms with van der Waals surface area (Å²) in [6, 6.07) is 10.0. The number of benzene rings is 1. The molecule has 7 heteroatoms. The summed E-state index contributed by atoms with van der Waals surface area (Å²) >= 11 is 6.59. The molecule has 1 unspecified atom stereocenters. The van der Waals surface area contributed by atoms with Crippen molar-refractivity contribution >= 4 is 28.9 Å². The summed E-state index contributed by atoms with van der Waals surface area (Å²) in [7, 11) is 0. The lowest BCUT2D eigenvalue weighted by Crippen LogP contribution is -2.19. The third-order valence-electron chi connectivity index (χ3n) is 4.98. The molecule has 0 radical (unpaired) electrons. The Kier molecular flexibility index (Phi) is 8.51. The topological polar surface area (TPSA) is 77.1 Å². The number of nitrogens with zero attached hydrogens (tertiary/aromatic N) is 3. The molecule has 0 fully saturated rings. The van der Waals surface area contributed by atoms with Crippen LogP contribution in [0.2, 0.25) is 5.02 Å². The molecule has 0 spiro atoms. The van der Waals surface area contributed by atoms with Gasteiger partial charge in [-0.05, 0) is 36.8 Å². The summed E-state index contributed by atoms with van der Waals surface area (Å²) in [5.74, 6) is -0.126. The first kappa shape index (κ1) is 25.5. The van der Waals surface area contributed by atoms with Gasteiger partial charge in [0.05, 0.1) is 10.7 Å². The van der Waals surface area contributed by atoms with E-state index in [1.54, 1.807) is 18.5 Å². The van der Waals surface area contributed by atoms with Crippen LogP contribution in [0, 0.1) is 18.3 Å². The van der Waals surface area contributed by atoms with Gasteiger partial charge in [-0.2, -0.15) is 10.4 Å². The third-order valence-corrected chi connectivity index (χ3v) is 5.44. The summed E-state index contributed by atoms with van der Waals surface area (Å²) in [5.41, 5.74) is 3.22. The van der Waals surface area contributed by atoms with Crippen molar-refractivity contribution in [3.63, 3.8) is 0 Å². The number of nitriles is 1. The molecular formula is C25H32ClN3O3. The average molecular weight is 458 g/mol. The second-order valence-electron chi connectivity index (χ2n) is 8.63. The van der Waals surface area contributed by atoms with Gasteiger partial charge in [0.25, 0.3) is 0 Å². The fraction of sp³-hybridized carbons (Fsp3) is 0.480. The Labute approximate surface area is 195 Å². The number of esters is 1. The van der Waals surface area contributed by atoms with Crippen molar-refractivity contribution in [3.05, 3.63) is 51.8 Å². The summed E-state index contributed by atoms with van der Waals surface area (Å²) in [5, 5.41) is 15.0. The molecule has 0 bridgehead atoms. The molecule has 0 aliphatic carbocycles. The van der Waals surface area contributed by atoms with E-state index in [0.717, 1.165) is 5.56 Å². The van der Waals surface area contributed by atoms with Crippen molar-refractivity contribution in [2.24, 2.45) is 0 Å². The molecule has 1 atom stereocenters. The largest absolute Gasteiger partial charge is 0.451 e. The maximum absolute atomic E-state index is 12.0. The number of hydrogen-bond acceptors (Lipinski definition) is 5. The van der Waals surface area contributed by atoms with Crippen molar-refractivity contribution < 1.29 is 14.3 Å². The predicted octanol–water partition coefficient (Wildman–Crippen LogP) is 6.26. The molecule has 1 heterocycles. The van der Waals surface area contributed by atoms with Crippen molar-refractivity contribution in [1.29, 1.82) is 5.26 Å². The first-order valence-electron chi connectivity index (χ1n) is 10.9. The zero-order valence-corrected chi connectivity index (χ0v) is 20.7. The number of aromatic nitrogens is 2. The normalized spacial score (nSPS) is 13.2. The highest BCUT2D eigenvalue weighted by atomic mass is 35.5. The van der Waals surface area contributed by atoms with Crippen LogP contribution in [0.4, 0.5) is 0 Å². The Morgan fingerprint density at radius 2 is 1.84 bits per heavy atom. The van der Waals surface area contributed by atoms with E-state index in [1.807, 2.05) is 38.1 Å². The quantitative estimate of drug-likeness (QED) is 0.202. The minimum atomic E-state index is -0.905. The van der Waals surface area contributed by atoms with Crippen molar-refractivity contribution in [2.75, 3.05) is 0 Å². The molecule has 2 rings (SSSR count). The van der Waals surface area contributed by atoms with Crippen LogP contribution in [0.25, 0.3) is 11.3 Å². The Balaban J connectivity index is 2.64. The zero-order valence-electron chi connectivity index (χ0n) is 20.0. The minimum Gasteiger partial charge on any atom is -0.451 e. The number of carbonyl (C=O) groups excluding carboxylic acids is 1. The van der Waals surface area contributed by atoms with Gasteiger partial charge in [-0.1, -0.05) is 63.6 Å². The highest BCUT2D eigenvalue weighted by molar-refractivity contribution is 6.33. The third kappa shape index (κ3) is 5.92. The molecule has 0 aliphatic rings. The van der Waals surface area contributed by atoms with Gasteiger partial charge < -0.3 is 9.47 Å². The lowest BCUT2D eigenvalue weighted by molar-refractivity contribution is -0.164. The highest BCUT2D eigenvalue weighted by Crippen LogP contribution is 2.35. The Morgan fingerprint density at radius 1 is 1.22 bits per heavy atom. The predicted molar refractivity (Wildman–Crippen MR) is 127 cm³/mol. The first-order valence-corrected chi connectivity index (χ1v) is 11.3.